The number of non-ortho nitro benzene ring substituents is 1. The lowest BCUT2D eigenvalue weighted by Gasteiger charge is -2.30. The van der Waals surface area contributed by atoms with E-state index in [0.29, 0.717) is 37.7 Å². The lowest BCUT2D eigenvalue weighted by atomic mass is 10.1. The molecule has 0 saturated carbocycles. The number of morpholine rings is 1. The summed E-state index contributed by atoms with van der Waals surface area (Å²) in [5.41, 5.74) is 0.738. The molecule has 0 unspecified atom stereocenters. The highest BCUT2D eigenvalue weighted by molar-refractivity contribution is 6.06. The number of nitro groups is 1. The summed E-state index contributed by atoms with van der Waals surface area (Å²) in [7, 11) is 0. The molecular weight excluding hydrogens is 329 g/mol. The van der Waals surface area contributed by atoms with Gasteiger partial charge in [0, 0.05) is 25.2 Å². The van der Waals surface area contributed by atoms with Crippen LogP contribution in [0.25, 0.3) is 0 Å². The first-order chi connectivity index (χ1) is 12.1. The Morgan fingerprint density at radius 1 is 1.20 bits per heavy atom. The molecule has 1 amide bonds. The second-order valence-corrected chi connectivity index (χ2v) is 5.49. The van der Waals surface area contributed by atoms with Crippen molar-refractivity contribution >= 4 is 23.0 Å². The Morgan fingerprint density at radius 3 is 2.60 bits per heavy atom. The molecule has 2 aromatic carbocycles. The van der Waals surface area contributed by atoms with Crippen molar-refractivity contribution < 1.29 is 18.8 Å². The minimum atomic E-state index is -0.630. The van der Waals surface area contributed by atoms with Gasteiger partial charge in [0.1, 0.15) is 5.82 Å². The molecule has 130 valence electrons. The van der Waals surface area contributed by atoms with Crippen LogP contribution in [0.15, 0.2) is 42.5 Å². The minimum Gasteiger partial charge on any atom is -0.378 e. The number of hydrogen-bond donors (Lipinski definition) is 1. The van der Waals surface area contributed by atoms with Crippen molar-refractivity contribution in [2.45, 2.75) is 0 Å². The van der Waals surface area contributed by atoms with Gasteiger partial charge in [-0.15, -0.1) is 0 Å². The van der Waals surface area contributed by atoms with E-state index in [9.17, 15) is 19.3 Å². The van der Waals surface area contributed by atoms with Gasteiger partial charge in [-0.25, -0.2) is 4.39 Å². The van der Waals surface area contributed by atoms with Gasteiger partial charge in [0.05, 0.1) is 35.1 Å². The van der Waals surface area contributed by atoms with E-state index in [1.807, 2.05) is 4.90 Å². The van der Waals surface area contributed by atoms with Crippen LogP contribution in [0.1, 0.15) is 10.4 Å². The molecule has 3 rings (SSSR count). The number of amides is 1. The van der Waals surface area contributed by atoms with Gasteiger partial charge in [-0.2, -0.15) is 0 Å². The number of rotatable bonds is 4. The highest BCUT2D eigenvalue weighted by atomic mass is 19.1. The molecule has 1 fully saturated rings. The van der Waals surface area contributed by atoms with E-state index >= 15 is 0 Å². The number of halogens is 1. The molecule has 1 N–H and O–H groups in total. The Hall–Kier alpha value is -3.00. The first kappa shape index (κ1) is 16.8. The van der Waals surface area contributed by atoms with Gasteiger partial charge in [-0.1, -0.05) is 12.1 Å². The Kier molecular flexibility index (Phi) is 4.90. The van der Waals surface area contributed by atoms with E-state index in [4.69, 9.17) is 4.74 Å². The molecule has 1 heterocycles. The van der Waals surface area contributed by atoms with Crippen LogP contribution >= 0.6 is 0 Å². The number of anilines is 2. The molecule has 7 nitrogen and oxygen atoms in total. The molecule has 0 aliphatic carbocycles. The highest BCUT2D eigenvalue weighted by Gasteiger charge is 2.20. The number of benzene rings is 2. The van der Waals surface area contributed by atoms with Crippen molar-refractivity contribution in [1.29, 1.82) is 0 Å². The highest BCUT2D eigenvalue weighted by Crippen LogP contribution is 2.31. The number of nitrogens with zero attached hydrogens (tertiary/aromatic N) is 2. The van der Waals surface area contributed by atoms with Gasteiger partial charge in [0.15, 0.2) is 0 Å². The summed E-state index contributed by atoms with van der Waals surface area (Å²) in [5.74, 6) is -1.24. The van der Waals surface area contributed by atoms with Crippen LogP contribution in [-0.2, 0) is 4.74 Å². The Labute approximate surface area is 143 Å². The van der Waals surface area contributed by atoms with E-state index in [1.165, 1.54) is 36.4 Å². The van der Waals surface area contributed by atoms with Crippen molar-refractivity contribution in [2.75, 3.05) is 36.5 Å². The van der Waals surface area contributed by atoms with Crippen LogP contribution in [0, 0.1) is 15.9 Å². The van der Waals surface area contributed by atoms with Gasteiger partial charge in [-0.3, -0.25) is 14.9 Å². The quantitative estimate of drug-likeness (QED) is 0.680. The molecular formula is C17H16FN3O4. The summed E-state index contributed by atoms with van der Waals surface area (Å²) in [4.78, 5) is 24.8. The minimum absolute atomic E-state index is 0.0783. The second-order valence-electron chi connectivity index (χ2n) is 5.49. The number of hydrogen-bond acceptors (Lipinski definition) is 5. The fourth-order valence-corrected chi connectivity index (χ4v) is 2.64. The molecule has 0 aromatic heterocycles. The lowest BCUT2D eigenvalue weighted by Crippen LogP contribution is -2.36. The Balaban J connectivity index is 1.93. The van der Waals surface area contributed by atoms with Crippen molar-refractivity contribution in [2.24, 2.45) is 0 Å². The van der Waals surface area contributed by atoms with Crippen molar-refractivity contribution in [1.82, 2.24) is 0 Å². The van der Waals surface area contributed by atoms with Crippen molar-refractivity contribution in [3.63, 3.8) is 0 Å². The average molecular weight is 345 g/mol. The lowest BCUT2D eigenvalue weighted by molar-refractivity contribution is -0.384. The van der Waals surface area contributed by atoms with Crippen molar-refractivity contribution in [3.8, 4) is 0 Å². The molecule has 0 spiro atoms. The summed E-state index contributed by atoms with van der Waals surface area (Å²) >= 11 is 0. The fraction of sp³-hybridized carbons (Fsp3) is 0.235. The summed E-state index contributed by atoms with van der Waals surface area (Å²) in [6.45, 7) is 2.07. The molecule has 1 aliphatic rings. The third-order valence-electron chi connectivity index (χ3n) is 3.91. The topological polar surface area (TPSA) is 84.7 Å². The largest absolute Gasteiger partial charge is 0.378 e. The first-order valence-corrected chi connectivity index (χ1v) is 7.73. The Bertz CT molecular complexity index is 806. The normalized spacial score (nSPS) is 14.2. The van der Waals surface area contributed by atoms with Gasteiger partial charge in [0.25, 0.3) is 11.6 Å². The third-order valence-corrected chi connectivity index (χ3v) is 3.91. The molecule has 0 radical (unpaired) electrons. The smallest absolute Gasteiger partial charge is 0.271 e. The maximum absolute atomic E-state index is 13.8. The van der Waals surface area contributed by atoms with Gasteiger partial charge in [0.2, 0.25) is 0 Å². The van der Waals surface area contributed by atoms with E-state index in [1.54, 1.807) is 6.07 Å². The molecule has 0 atom stereocenters. The molecule has 2 aromatic rings. The molecule has 1 saturated heterocycles. The van der Waals surface area contributed by atoms with Gasteiger partial charge >= 0.3 is 0 Å². The molecule has 1 aliphatic heterocycles. The predicted octanol–water partition coefficient (Wildman–Crippen LogP) is 2.82. The van der Waals surface area contributed by atoms with Crippen LogP contribution in [0.5, 0.6) is 0 Å². The Morgan fingerprint density at radius 2 is 1.92 bits per heavy atom. The predicted molar refractivity (Wildman–Crippen MR) is 90.5 cm³/mol. The maximum atomic E-state index is 13.8. The summed E-state index contributed by atoms with van der Waals surface area (Å²) in [5, 5.41) is 13.7. The second kappa shape index (κ2) is 7.27. The van der Waals surface area contributed by atoms with Gasteiger partial charge < -0.3 is 15.0 Å². The van der Waals surface area contributed by atoms with Crippen molar-refractivity contribution in [3.05, 3.63) is 64.0 Å². The van der Waals surface area contributed by atoms with Crippen LogP contribution in [0.2, 0.25) is 0 Å². The van der Waals surface area contributed by atoms with Gasteiger partial charge in [-0.05, 0) is 18.2 Å². The van der Waals surface area contributed by atoms with Crippen LogP contribution in [0.3, 0.4) is 0 Å². The first-order valence-electron chi connectivity index (χ1n) is 7.73. The van der Waals surface area contributed by atoms with E-state index in [2.05, 4.69) is 5.32 Å². The summed E-state index contributed by atoms with van der Waals surface area (Å²) < 4.78 is 19.1. The standard InChI is InChI=1S/C17H16FN3O4/c18-14-4-2-1-3-13(14)17(22)19-15-6-5-12(21(23)24)11-16(15)20-7-9-25-10-8-20/h1-6,11H,7-10H2,(H,19,22). The molecule has 0 bridgehead atoms. The van der Waals surface area contributed by atoms with Crippen LogP contribution in [0.4, 0.5) is 21.5 Å². The number of ether oxygens (including phenoxy) is 1. The summed E-state index contributed by atoms with van der Waals surface area (Å²) in [6, 6.07) is 9.82. The number of carbonyl (C=O) groups is 1. The van der Waals surface area contributed by atoms with Crippen LogP contribution in [-0.4, -0.2) is 37.1 Å². The van der Waals surface area contributed by atoms with E-state index in [0.717, 1.165) is 0 Å². The van der Waals surface area contributed by atoms with E-state index in [-0.39, 0.29) is 11.3 Å². The summed E-state index contributed by atoms with van der Waals surface area (Å²) in [6.07, 6.45) is 0. The van der Waals surface area contributed by atoms with E-state index < -0.39 is 16.6 Å². The maximum Gasteiger partial charge on any atom is 0.271 e. The zero-order valence-corrected chi connectivity index (χ0v) is 13.3. The number of nitro benzene ring substituents is 1. The SMILES string of the molecule is O=C(Nc1ccc([N+](=O)[O-])cc1N1CCOCC1)c1ccccc1F. The number of carbonyl (C=O) groups excluding carboxylic acids is 1. The number of nitrogens with one attached hydrogen (secondary N) is 1. The zero-order valence-electron chi connectivity index (χ0n) is 13.3. The monoisotopic (exact) mass is 345 g/mol. The third kappa shape index (κ3) is 3.74. The average Bonchev–Trinajstić information content (AvgIpc) is 2.63. The zero-order chi connectivity index (χ0) is 17.8. The molecule has 8 heteroatoms. The van der Waals surface area contributed by atoms with Crippen LogP contribution < -0.4 is 10.2 Å². The molecule has 25 heavy (non-hydrogen) atoms. The fourth-order valence-electron chi connectivity index (χ4n) is 2.64.